The zero-order valence-electron chi connectivity index (χ0n) is 16.8. The Bertz CT molecular complexity index is 929. The number of amides is 2. The van der Waals surface area contributed by atoms with Gasteiger partial charge in [0.15, 0.2) is 6.10 Å². The summed E-state index contributed by atoms with van der Waals surface area (Å²) in [4.78, 5) is 36.0. The largest absolute Gasteiger partial charge is 0.494 e. The van der Waals surface area contributed by atoms with Crippen LogP contribution in [0, 0.1) is 0 Å². The Kier molecular flexibility index (Phi) is 8.00. The van der Waals surface area contributed by atoms with Crippen LogP contribution in [0.25, 0.3) is 0 Å². The van der Waals surface area contributed by atoms with Crippen LogP contribution >= 0.6 is 0 Å². The van der Waals surface area contributed by atoms with Crippen molar-refractivity contribution in [3.63, 3.8) is 0 Å². The molecule has 2 rings (SSSR count). The van der Waals surface area contributed by atoms with Crippen LogP contribution in [0.5, 0.6) is 5.75 Å². The summed E-state index contributed by atoms with van der Waals surface area (Å²) >= 11 is 0. The molecule has 0 heterocycles. The van der Waals surface area contributed by atoms with E-state index in [1.807, 2.05) is 6.92 Å². The van der Waals surface area contributed by atoms with Gasteiger partial charge in [-0.1, -0.05) is 6.07 Å². The highest BCUT2D eigenvalue weighted by atomic mass is 19.4. The molecule has 0 aromatic heterocycles. The Morgan fingerprint density at radius 3 is 2.35 bits per heavy atom. The molecule has 0 radical (unpaired) electrons. The zero-order valence-corrected chi connectivity index (χ0v) is 16.8. The van der Waals surface area contributed by atoms with Crippen LogP contribution in [-0.2, 0) is 20.5 Å². The molecule has 2 N–H and O–H groups in total. The molecule has 0 fully saturated rings. The number of ether oxygens (including phenoxy) is 2. The number of alkyl halides is 3. The first-order chi connectivity index (χ1) is 14.6. The van der Waals surface area contributed by atoms with Crippen LogP contribution in [0.1, 0.15) is 29.8 Å². The quantitative estimate of drug-likeness (QED) is 0.617. The first-order valence-electron chi connectivity index (χ1n) is 9.28. The number of halogens is 3. The second-order valence-corrected chi connectivity index (χ2v) is 6.34. The molecule has 7 nitrogen and oxygen atoms in total. The average Bonchev–Trinajstić information content (AvgIpc) is 2.72. The van der Waals surface area contributed by atoms with Crippen molar-refractivity contribution in [1.82, 2.24) is 5.32 Å². The monoisotopic (exact) mass is 438 g/mol. The van der Waals surface area contributed by atoms with Crippen molar-refractivity contribution < 1.29 is 37.0 Å². The highest BCUT2D eigenvalue weighted by Gasteiger charge is 2.30. The zero-order chi connectivity index (χ0) is 23.0. The first-order valence-corrected chi connectivity index (χ1v) is 9.28. The third-order valence-electron chi connectivity index (χ3n) is 3.96. The van der Waals surface area contributed by atoms with Gasteiger partial charge in [0.2, 0.25) is 0 Å². The van der Waals surface area contributed by atoms with E-state index in [4.69, 9.17) is 9.47 Å². The minimum atomic E-state index is -4.56. The molecule has 10 heteroatoms. The number of carbonyl (C=O) groups is 3. The normalized spacial score (nSPS) is 11.9. The molecule has 0 saturated carbocycles. The van der Waals surface area contributed by atoms with Crippen molar-refractivity contribution in [1.29, 1.82) is 0 Å². The predicted octanol–water partition coefficient (Wildman–Crippen LogP) is 3.40. The minimum Gasteiger partial charge on any atom is -0.494 e. The fraction of sp³-hybridized carbons (Fsp3) is 0.286. The molecule has 0 bridgehead atoms. The van der Waals surface area contributed by atoms with E-state index in [1.54, 1.807) is 12.1 Å². The summed E-state index contributed by atoms with van der Waals surface area (Å²) in [6, 6.07) is 10.3. The Hall–Kier alpha value is -3.56. The lowest BCUT2D eigenvalue weighted by atomic mass is 10.2. The Balaban J connectivity index is 1.83. The van der Waals surface area contributed by atoms with Gasteiger partial charge in [-0.25, -0.2) is 0 Å². The molecule has 2 aromatic rings. The second kappa shape index (κ2) is 10.5. The van der Waals surface area contributed by atoms with Gasteiger partial charge in [0.1, 0.15) is 12.3 Å². The summed E-state index contributed by atoms with van der Waals surface area (Å²) in [5.41, 5.74) is -0.718. The minimum absolute atomic E-state index is 0.0912. The van der Waals surface area contributed by atoms with Gasteiger partial charge in [-0.3, -0.25) is 14.4 Å². The van der Waals surface area contributed by atoms with E-state index in [-0.39, 0.29) is 5.69 Å². The summed E-state index contributed by atoms with van der Waals surface area (Å²) in [6.45, 7) is 3.08. The first kappa shape index (κ1) is 23.7. The molecule has 166 valence electrons. The molecular formula is C21H21F3N2O5. The Morgan fingerprint density at radius 1 is 1.06 bits per heavy atom. The lowest BCUT2D eigenvalue weighted by Crippen LogP contribution is -2.35. The van der Waals surface area contributed by atoms with Gasteiger partial charge < -0.3 is 20.1 Å². The van der Waals surface area contributed by atoms with E-state index in [2.05, 4.69) is 10.6 Å². The van der Waals surface area contributed by atoms with E-state index in [1.165, 1.54) is 25.1 Å². The molecule has 2 aromatic carbocycles. The van der Waals surface area contributed by atoms with Gasteiger partial charge in [0, 0.05) is 11.3 Å². The fourth-order valence-electron chi connectivity index (χ4n) is 2.43. The van der Waals surface area contributed by atoms with Crippen LogP contribution in [-0.4, -0.2) is 37.0 Å². The van der Waals surface area contributed by atoms with Gasteiger partial charge >= 0.3 is 12.1 Å². The van der Waals surface area contributed by atoms with Crippen LogP contribution < -0.4 is 15.4 Å². The standard InChI is InChI=1S/C21H21F3N2O5/c1-3-30-17-9-7-14(8-10-17)20(29)25-12-18(27)31-13(2)19(28)26-16-6-4-5-15(11-16)21(22,23)24/h4-11,13H,3,12H2,1-2H3,(H,25,29)(H,26,28). The highest BCUT2D eigenvalue weighted by Crippen LogP contribution is 2.30. The van der Waals surface area contributed by atoms with E-state index < -0.39 is 42.2 Å². The van der Waals surface area contributed by atoms with E-state index in [0.29, 0.717) is 17.9 Å². The number of hydrogen-bond donors (Lipinski definition) is 2. The van der Waals surface area contributed by atoms with Crippen LogP contribution in [0.4, 0.5) is 18.9 Å². The third-order valence-corrected chi connectivity index (χ3v) is 3.96. The second-order valence-electron chi connectivity index (χ2n) is 6.34. The third kappa shape index (κ3) is 7.32. The molecular weight excluding hydrogens is 417 g/mol. The summed E-state index contributed by atoms with van der Waals surface area (Å²) in [7, 11) is 0. The SMILES string of the molecule is CCOc1ccc(C(=O)NCC(=O)OC(C)C(=O)Nc2cccc(C(F)(F)F)c2)cc1. The van der Waals surface area contributed by atoms with Gasteiger partial charge in [-0.2, -0.15) is 13.2 Å². The average molecular weight is 438 g/mol. The van der Waals surface area contributed by atoms with Gasteiger partial charge in [-0.15, -0.1) is 0 Å². The van der Waals surface area contributed by atoms with Gasteiger partial charge in [0.05, 0.1) is 12.2 Å². The Morgan fingerprint density at radius 2 is 1.74 bits per heavy atom. The summed E-state index contributed by atoms with van der Waals surface area (Å²) in [6.07, 6.45) is -5.84. The molecule has 0 aliphatic heterocycles. The molecule has 2 amide bonds. The lowest BCUT2D eigenvalue weighted by Gasteiger charge is -2.15. The number of benzene rings is 2. The number of nitrogens with one attached hydrogen (secondary N) is 2. The van der Waals surface area contributed by atoms with Crippen molar-refractivity contribution in [2.45, 2.75) is 26.1 Å². The number of hydrogen-bond acceptors (Lipinski definition) is 5. The molecule has 0 aliphatic carbocycles. The van der Waals surface area contributed by atoms with E-state index >= 15 is 0 Å². The molecule has 31 heavy (non-hydrogen) atoms. The highest BCUT2D eigenvalue weighted by molar-refractivity contribution is 5.97. The molecule has 1 atom stereocenters. The number of anilines is 1. The lowest BCUT2D eigenvalue weighted by molar-refractivity contribution is -0.152. The topological polar surface area (TPSA) is 93.7 Å². The molecule has 1 unspecified atom stereocenters. The molecule has 0 aliphatic rings. The maximum absolute atomic E-state index is 12.7. The number of esters is 1. The smallest absolute Gasteiger partial charge is 0.416 e. The van der Waals surface area contributed by atoms with Crippen LogP contribution in [0.3, 0.4) is 0 Å². The van der Waals surface area contributed by atoms with Gasteiger partial charge in [-0.05, 0) is 56.3 Å². The maximum atomic E-state index is 12.7. The van der Waals surface area contributed by atoms with E-state index in [9.17, 15) is 27.6 Å². The van der Waals surface area contributed by atoms with Crippen LogP contribution in [0.15, 0.2) is 48.5 Å². The summed E-state index contributed by atoms with van der Waals surface area (Å²) < 4.78 is 48.4. The molecule has 0 saturated heterocycles. The Labute approximate surface area is 176 Å². The fourth-order valence-corrected chi connectivity index (χ4v) is 2.43. The molecule has 0 spiro atoms. The maximum Gasteiger partial charge on any atom is 0.416 e. The summed E-state index contributed by atoms with van der Waals surface area (Å²) in [5.74, 6) is -1.63. The van der Waals surface area contributed by atoms with Gasteiger partial charge in [0.25, 0.3) is 11.8 Å². The summed E-state index contributed by atoms with van der Waals surface area (Å²) in [5, 5.41) is 4.61. The number of carbonyl (C=O) groups excluding carboxylic acids is 3. The van der Waals surface area contributed by atoms with Crippen molar-refractivity contribution in [3.05, 3.63) is 59.7 Å². The predicted molar refractivity (Wildman–Crippen MR) is 106 cm³/mol. The van der Waals surface area contributed by atoms with Crippen molar-refractivity contribution in [3.8, 4) is 5.75 Å². The number of rotatable bonds is 8. The van der Waals surface area contributed by atoms with Crippen molar-refractivity contribution >= 4 is 23.5 Å². The van der Waals surface area contributed by atoms with Crippen molar-refractivity contribution in [2.75, 3.05) is 18.5 Å². The van der Waals surface area contributed by atoms with Crippen LogP contribution in [0.2, 0.25) is 0 Å². The van der Waals surface area contributed by atoms with Crippen molar-refractivity contribution in [2.24, 2.45) is 0 Å². The van der Waals surface area contributed by atoms with E-state index in [0.717, 1.165) is 18.2 Å².